The van der Waals surface area contributed by atoms with Gasteiger partial charge in [0, 0.05) is 18.1 Å². The molecule has 2 saturated carbocycles. The topological polar surface area (TPSA) is 58.4 Å². The van der Waals surface area contributed by atoms with E-state index in [1.54, 1.807) is 0 Å². The number of hydrogen-bond donors (Lipinski definition) is 2. The van der Waals surface area contributed by atoms with Crippen molar-refractivity contribution in [2.75, 3.05) is 7.05 Å². The fraction of sp³-hybridized carbons (Fsp3) is 0.938. The van der Waals surface area contributed by atoms with Crippen LogP contribution in [0.15, 0.2) is 0 Å². The molecule has 0 radical (unpaired) electrons. The number of rotatable bonds is 7. The van der Waals surface area contributed by atoms with Crippen LogP contribution in [0.3, 0.4) is 0 Å². The Morgan fingerprint density at radius 1 is 1.35 bits per heavy atom. The average molecular weight is 281 g/mol. The number of carbonyl (C=O) groups is 1. The summed E-state index contributed by atoms with van der Waals surface area (Å²) in [5.41, 5.74) is 5.26. The van der Waals surface area contributed by atoms with Crippen LogP contribution < -0.4 is 11.1 Å². The van der Waals surface area contributed by atoms with Gasteiger partial charge in [0.1, 0.15) is 0 Å². The van der Waals surface area contributed by atoms with E-state index >= 15 is 0 Å². The SMILES string of the molecule is CC(C)CC(C)N(C)C1CCC(NC2CC2)(C(N)=O)C1. The van der Waals surface area contributed by atoms with Crippen LogP contribution >= 0.6 is 0 Å². The molecule has 20 heavy (non-hydrogen) atoms. The molecular formula is C16H31N3O. The fourth-order valence-corrected chi connectivity index (χ4v) is 3.62. The molecule has 0 aromatic rings. The second-order valence-corrected chi connectivity index (χ2v) is 7.41. The first-order chi connectivity index (χ1) is 9.34. The quantitative estimate of drug-likeness (QED) is 0.749. The van der Waals surface area contributed by atoms with Gasteiger partial charge in [-0.25, -0.2) is 0 Å². The van der Waals surface area contributed by atoms with E-state index in [0.717, 1.165) is 19.3 Å². The summed E-state index contributed by atoms with van der Waals surface area (Å²) in [5.74, 6) is 0.552. The maximum Gasteiger partial charge on any atom is 0.237 e. The number of hydrogen-bond acceptors (Lipinski definition) is 3. The van der Waals surface area contributed by atoms with Gasteiger partial charge in [0.25, 0.3) is 0 Å². The van der Waals surface area contributed by atoms with Crippen molar-refractivity contribution in [2.24, 2.45) is 11.7 Å². The third-order valence-corrected chi connectivity index (χ3v) is 5.10. The Balaban J connectivity index is 1.96. The second kappa shape index (κ2) is 6.02. The van der Waals surface area contributed by atoms with Crippen molar-refractivity contribution >= 4 is 5.91 Å². The van der Waals surface area contributed by atoms with Gasteiger partial charge in [0.2, 0.25) is 5.91 Å². The van der Waals surface area contributed by atoms with E-state index in [0.29, 0.717) is 24.0 Å². The zero-order chi connectivity index (χ0) is 14.9. The van der Waals surface area contributed by atoms with Crippen LogP contribution in [0.25, 0.3) is 0 Å². The first-order valence-corrected chi connectivity index (χ1v) is 8.13. The maximum absolute atomic E-state index is 11.9. The molecule has 2 aliphatic carbocycles. The van der Waals surface area contributed by atoms with E-state index in [1.165, 1.54) is 19.3 Å². The molecule has 2 aliphatic rings. The first-order valence-electron chi connectivity index (χ1n) is 8.13. The summed E-state index contributed by atoms with van der Waals surface area (Å²) in [5, 5.41) is 3.53. The van der Waals surface area contributed by atoms with Crippen LogP contribution in [-0.2, 0) is 4.79 Å². The standard InChI is InChI=1S/C16H31N3O/c1-11(2)9-12(3)19(4)14-7-8-16(10-14,15(17)20)18-13-5-6-13/h11-14,18H,5-10H2,1-4H3,(H2,17,20). The van der Waals surface area contributed by atoms with Gasteiger partial charge in [0.05, 0.1) is 5.54 Å². The van der Waals surface area contributed by atoms with Crippen molar-refractivity contribution in [1.82, 2.24) is 10.2 Å². The molecule has 2 rings (SSSR count). The molecule has 4 heteroatoms. The molecule has 0 aromatic carbocycles. The Morgan fingerprint density at radius 2 is 2.00 bits per heavy atom. The van der Waals surface area contributed by atoms with Gasteiger partial charge in [-0.1, -0.05) is 13.8 Å². The zero-order valence-corrected chi connectivity index (χ0v) is 13.5. The van der Waals surface area contributed by atoms with Gasteiger partial charge in [-0.15, -0.1) is 0 Å². The second-order valence-electron chi connectivity index (χ2n) is 7.41. The minimum atomic E-state index is -0.447. The molecule has 4 nitrogen and oxygen atoms in total. The third kappa shape index (κ3) is 3.53. The van der Waals surface area contributed by atoms with Gasteiger partial charge in [-0.05, 0) is 58.4 Å². The molecule has 0 aromatic heterocycles. The summed E-state index contributed by atoms with van der Waals surface area (Å²) >= 11 is 0. The predicted octanol–water partition coefficient (Wildman–Crippen LogP) is 1.88. The van der Waals surface area contributed by atoms with Crippen molar-refractivity contribution in [1.29, 1.82) is 0 Å². The molecule has 3 N–H and O–H groups in total. The van der Waals surface area contributed by atoms with Crippen LogP contribution in [0.5, 0.6) is 0 Å². The first kappa shape index (κ1) is 15.8. The Bertz CT molecular complexity index is 354. The monoisotopic (exact) mass is 281 g/mol. The van der Waals surface area contributed by atoms with Crippen LogP contribution in [0.1, 0.15) is 59.3 Å². The Hall–Kier alpha value is -0.610. The minimum Gasteiger partial charge on any atom is -0.368 e. The van der Waals surface area contributed by atoms with Crippen LogP contribution in [-0.4, -0.2) is 41.5 Å². The van der Waals surface area contributed by atoms with Gasteiger partial charge >= 0.3 is 0 Å². The third-order valence-electron chi connectivity index (χ3n) is 5.10. The maximum atomic E-state index is 11.9. The lowest BCUT2D eigenvalue weighted by Gasteiger charge is -2.33. The Kier molecular flexibility index (Phi) is 4.75. The average Bonchev–Trinajstić information content (AvgIpc) is 3.04. The van der Waals surface area contributed by atoms with Gasteiger partial charge in [-0.3, -0.25) is 4.79 Å². The van der Waals surface area contributed by atoms with Crippen LogP contribution in [0.2, 0.25) is 0 Å². The molecule has 1 amide bonds. The summed E-state index contributed by atoms with van der Waals surface area (Å²) < 4.78 is 0. The highest BCUT2D eigenvalue weighted by Gasteiger charge is 2.47. The van der Waals surface area contributed by atoms with Crippen molar-refractivity contribution in [2.45, 2.75) is 83.0 Å². The number of primary amides is 1. The van der Waals surface area contributed by atoms with Crippen LogP contribution in [0.4, 0.5) is 0 Å². The molecule has 0 heterocycles. The lowest BCUT2D eigenvalue weighted by atomic mass is 9.95. The summed E-state index contributed by atoms with van der Waals surface area (Å²) in [4.78, 5) is 14.4. The smallest absolute Gasteiger partial charge is 0.237 e. The lowest BCUT2D eigenvalue weighted by Crippen LogP contribution is -2.55. The molecular weight excluding hydrogens is 250 g/mol. The van der Waals surface area contributed by atoms with E-state index in [1.807, 2.05) is 0 Å². The molecule has 0 aliphatic heterocycles. The fourth-order valence-electron chi connectivity index (χ4n) is 3.62. The summed E-state index contributed by atoms with van der Waals surface area (Å²) in [7, 11) is 2.20. The van der Waals surface area contributed by atoms with Crippen molar-refractivity contribution in [3.8, 4) is 0 Å². The molecule has 0 bridgehead atoms. The minimum absolute atomic E-state index is 0.156. The van der Waals surface area contributed by atoms with Gasteiger partial charge in [0.15, 0.2) is 0 Å². The number of nitrogens with two attached hydrogens (primary N) is 1. The Morgan fingerprint density at radius 3 is 2.50 bits per heavy atom. The normalized spacial score (nSPS) is 32.0. The van der Waals surface area contributed by atoms with E-state index in [2.05, 4.69) is 38.0 Å². The van der Waals surface area contributed by atoms with E-state index in [9.17, 15) is 4.79 Å². The Labute approximate surface area is 123 Å². The number of carbonyl (C=O) groups excluding carboxylic acids is 1. The molecule has 2 fully saturated rings. The van der Waals surface area contributed by atoms with Gasteiger partial charge < -0.3 is 16.0 Å². The molecule has 3 atom stereocenters. The lowest BCUT2D eigenvalue weighted by molar-refractivity contribution is -0.124. The summed E-state index contributed by atoms with van der Waals surface area (Å²) in [6, 6.07) is 1.56. The molecule has 0 spiro atoms. The van der Waals surface area contributed by atoms with Crippen molar-refractivity contribution < 1.29 is 4.79 Å². The number of amides is 1. The van der Waals surface area contributed by atoms with E-state index < -0.39 is 5.54 Å². The number of nitrogens with one attached hydrogen (secondary N) is 1. The molecule has 3 unspecified atom stereocenters. The summed E-state index contributed by atoms with van der Waals surface area (Å²) in [6.07, 6.45) is 6.42. The predicted molar refractivity (Wildman–Crippen MR) is 82.4 cm³/mol. The van der Waals surface area contributed by atoms with Crippen LogP contribution in [0, 0.1) is 5.92 Å². The van der Waals surface area contributed by atoms with Crippen molar-refractivity contribution in [3.63, 3.8) is 0 Å². The van der Waals surface area contributed by atoms with Gasteiger partial charge in [-0.2, -0.15) is 0 Å². The molecule has 0 saturated heterocycles. The highest BCUT2D eigenvalue weighted by molar-refractivity contribution is 5.85. The number of nitrogens with zero attached hydrogens (tertiary/aromatic N) is 1. The highest BCUT2D eigenvalue weighted by Crippen LogP contribution is 2.36. The largest absolute Gasteiger partial charge is 0.368 e. The van der Waals surface area contributed by atoms with Crippen molar-refractivity contribution in [3.05, 3.63) is 0 Å². The van der Waals surface area contributed by atoms with E-state index in [4.69, 9.17) is 5.73 Å². The molecule has 116 valence electrons. The zero-order valence-electron chi connectivity index (χ0n) is 13.5. The highest BCUT2D eigenvalue weighted by atomic mass is 16.1. The van der Waals surface area contributed by atoms with E-state index in [-0.39, 0.29) is 5.91 Å². The summed E-state index contributed by atoms with van der Waals surface area (Å²) in [6.45, 7) is 6.82.